The van der Waals surface area contributed by atoms with Crippen molar-refractivity contribution in [3.05, 3.63) is 18.6 Å². The second-order valence-corrected chi connectivity index (χ2v) is 5.13. The molecule has 0 aromatic carbocycles. The number of hydrogen-bond donors (Lipinski definition) is 1. The van der Waals surface area contributed by atoms with Crippen LogP contribution in [-0.4, -0.2) is 27.8 Å². The fraction of sp³-hybridized carbons (Fsp3) is 0.583. The van der Waals surface area contributed by atoms with E-state index in [0.717, 1.165) is 30.2 Å². The monoisotopic (exact) mass is 250 g/mol. The average molecular weight is 250 g/mol. The number of nitriles is 1. The van der Waals surface area contributed by atoms with Crippen LogP contribution in [0.5, 0.6) is 0 Å². The van der Waals surface area contributed by atoms with Crippen molar-refractivity contribution in [2.75, 3.05) is 12.3 Å². The van der Waals surface area contributed by atoms with Crippen LogP contribution in [0.4, 0.5) is 0 Å². The van der Waals surface area contributed by atoms with Gasteiger partial charge < -0.3 is 0 Å². The van der Waals surface area contributed by atoms with Gasteiger partial charge in [-0.3, -0.25) is 10.3 Å². The molecule has 0 aliphatic carbocycles. The van der Waals surface area contributed by atoms with Crippen LogP contribution in [0.15, 0.2) is 23.6 Å². The third-order valence-corrected chi connectivity index (χ3v) is 3.32. The van der Waals surface area contributed by atoms with Gasteiger partial charge in [0, 0.05) is 18.1 Å². The molecule has 0 saturated heterocycles. The molecule has 1 unspecified atom stereocenters. The fourth-order valence-electron chi connectivity index (χ4n) is 1.30. The van der Waals surface area contributed by atoms with E-state index in [1.807, 2.05) is 6.92 Å². The van der Waals surface area contributed by atoms with Gasteiger partial charge in [-0.15, -0.1) is 11.8 Å². The first kappa shape index (κ1) is 13.9. The first-order valence-electron chi connectivity index (χ1n) is 5.75. The smallest absolute Gasteiger partial charge is 0.114 e. The predicted octanol–water partition coefficient (Wildman–Crippen LogP) is 2.24. The van der Waals surface area contributed by atoms with E-state index >= 15 is 0 Å². The Morgan fingerprint density at radius 1 is 1.53 bits per heavy atom. The molecule has 1 aromatic rings. The highest BCUT2D eigenvalue weighted by Crippen LogP contribution is 2.18. The van der Waals surface area contributed by atoms with Gasteiger partial charge >= 0.3 is 0 Å². The Morgan fingerprint density at radius 3 is 2.94 bits per heavy atom. The summed E-state index contributed by atoms with van der Waals surface area (Å²) in [6.07, 6.45) is 6.92. The van der Waals surface area contributed by atoms with Gasteiger partial charge in [-0.25, -0.2) is 4.98 Å². The number of nitrogens with zero attached hydrogens (tertiary/aromatic N) is 3. The van der Waals surface area contributed by atoms with Crippen LogP contribution in [0.25, 0.3) is 0 Å². The van der Waals surface area contributed by atoms with Gasteiger partial charge in [-0.2, -0.15) is 5.26 Å². The number of rotatable bonds is 7. The molecule has 0 aliphatic rings. The minimum Gasteiger partial charge on any atom is -0.300 e. The highest BCUT2D eigenvalue weighted by atomic mass is 32.2. The Balaban J connectivity index is 2.36. The van der Waals surface area contributed by atoms with Gasteiger partial charge in [0.25, 0.3) is 0 Å². The Hall–Kier alpha value is -1.12. The minimum atomic E-state index is -0.439. The molecule has 1 atom stereocenters. The molecule has 1 heterocycles. The zero-order chi connectivity index (χ0) is 12.6. The second-order valence-electron chi connectivity index (χ2n) is 4.01. The molecular weight excluding hydrogens is 232 g/mol. The van der Waals surface area contributed by atoms with Gasteiger partial charge in [0.2, 0.25) is 0 Å². The highest BCUT2D eigenvalue weighted by molar-refractivity contribution is 7.99. The Bertz CT molecular complexity index is 363. The van der Waals surface area contributed by atoms with Crippen molar-refractivity contribution in [3.8, 4) is 6.07 Å². The Morgan fingerprint density at radius 2 is 2.35 bits per heavy atom. The van der Waals surface area contributed by atoms with E-state index in [1.165, 1.54) is 0 Å². The number of thioether (sulfide) groups is 1. The SMILES string of the molecule is CCCNC(C)(C#N)CCSc1cnccn1. The molecule has 0 radical (unpaired) electrons. The lowest BCUT2D eigenvalue weighted by molar-refractivity contribution is 0.437. The van der Waals surface area contributed by atoms with Crippen molar-refractivity contribution in [3.63, 3.8) is 0 Å². The maximum atomic E-state index is 9.16. The molecule has 1 aromatic heterocycles. The topological polar surface area (TPSA) is 61.6 Å². The summed E-state index contributed by atoms with van der Waals surface area (Å²) in [5, 5.41) is 13.3. The number of aromatic nitrogens is 2. The third-order valence-electron chi connectivity index (χ3n) is 2.40. The lowest BCUT2D eigenvalue weighted by Crippen LogP contribution is -2.41. The molecule has 1 N–H and O–H groups in total. The largest absolute Gasteiger partial charge is 0.300 e. The summed E-state index contributed by atoms with van der Waals surface area (Å²) in [6.45, 7) is 4.92. The van der Waals surface area contributed by atoms with Gasteiger partial charge in [0.05, 0.1) is 12.3 Å². The molecule has 0 spiro atoms. The van der Waals surface area contributed by atoms with E-state index in [9.17, 15) is 0 Å². The molecular formula is C12H18N4S. The molecule has 0 bridgehead atoms. The van der Waals surface area contributed by atoms with Crippen LogP contribution in [0.1, 0.15) is 26.7 Å². The third kappa shape index (κ3) is 5.16. The first-order valence-corrected chi connectivity index (χ1v) is 6.74. The van der Waals surface area contributed by atoms with Crippen LogP contribution in [0.2, 0.25) is 0 Å². The molecule has 0 saturated carbocycles. The van der Waals surface area contributed by atoms with Crippen molar-refractivity contribution in [2.24, 2.45) is 0 Å². The summed E-state index contributed by atoms with van der Waals surface area (Å²) in [5.74, 6) is 0.861. The summed E-state index contributed by atoms with van der Waals surface area (Å²) in [6, 6.07) is 2.34. The lowest BCUT2D eigenvalue weighted by atomic mass is 10.0. The van der Waals surface area contributed by atoms with Crippen LogP contribution in [0.3, 0.4) is 0 Å². The molecule has 5 heteroatoms. The van der Waals surface area contributed by atoms with Gasteiger partial charge in [0.1, 0.15) is 10.6 Å². The van der Waals surface area contributed by atoms with Gasteiger partial charge in [-0.05, 0) is 26.3 Å². The van der Waals surface area contributed by atoms with E-state index in [2.05, 4.69) is 28.3 Å². The predicted molar refractivity (Wildman–Crippen MR) is 69.7 cm³/mol. The molecule has 0 aliphatic heterocycles. The lowest BCUT2D eigenvalue weighted by Gasteiger charge is -2.22. The molecule has 0 amide bonds. The van der Waals surface area contributed by atoms with E-state index in [4.69, 9.17) is 5.26 Å². The van der Waals surface area contributed by atoms with E-state index in [1.54, 1.807) is 30.4 Å². The fourth-order valence-corrected chi connectivity index (χ4v) is 2.29. The second kappa shape index (κ2) is 7.25. The van der Waals surface area contributed by atoms with Crippen LogP contribution in [-0.2, 0) is 0 Å². The zero-order valence-corrected chi connectivity index (χ0v) is 11.1. The number of hydrogen-bond acceptors (Lipinski definition) is 5. The van der Waals surface area contributed by atoms with Crippen LogP contribution >= 0.6 is 11.8 Å². The van der Waals surface area contributed by atoms with Crippen molar-refractivity contribution < 1.29 is 0 Å². The summed E-state index contributed by atoms with van der Waals surface area (Å²) < 4.78 is 0. The van der Waals surface area contributed by atoms with Crippen LogP contribution < -0.4 is 5.32 Å². The van der Waals surface area contributed by atoms with Crippen molar-refractivity contribution >= 4 is 11.8 Å². The quantitative estimate of drug-likeness (QED) is 0.752. The summed E-state index contributed by atoms with van der Waals surface area (Å²) >= 11 is 1.63. The van der Waals surface area contributed by atoms with Gasteiger partial charge in [-0.1, -0.05) is 6.92 Å². The summed E-state index contributed by atoms with van der Waals surface area (Å²) in [4.78, 5) is 8.19. The summed E-state index contributed by atoms with van der Waals surface area (Å²) in [5.41, 5.74) is -0.439. The molecule has 1 rings (SSSR count). The van der Waals surface area contributed by atoms with E-state index in [-0.39, 0.29) is 0 Å². The molecule has 0 fully saturated rings. The number of nitrogens with one attached hydrogen (secondary N) is 1. The minimum absolute atomic E-state index is 0.439. The highest BCUT2D eigenvalue weighted by Gasteiger charge is 2.21. The first-order chi connectivity index (χ1) is 8.20. The molecule has 92 valence electrons. The average Bonchev–Trinajstić information content (AvgIpc) is 2.38. The van der Waals surface area contributed by atoms with Crippen molar-refractivity contribution in [1.82, 2.24) is 15.3 Å². The van der Waals surface area contributed by atoms with E-state index < -0.39 is 5.54 Å². The summed E-state index contributed by atoms with van der Waals surface area (Å²) in [7, 11) is 0. The Labute approximate surface area is 107 Å². The maximum Gasteiger partial charge on any atom is 0.114 e. The molecule has 17 heavy (non-hydrogen) atoms. The van der Waals surface area contributed by atoms with Crippen molar-refractivity contribution in [1.29, 1.82) is 5.26 Å². The molecule has 4 nitrogen and oxygen atoms in total. The van der Waals surface area contributed by atoms with Crippen molar-refractivity contribution in [2.45, 2.75) is 37.3 Å². The van der Waals surface area contributed by atoms with Crippen LogP contribution in [0, 0.1) is 11.3 Å². The zero-order valence-electron chi connectivity index (χ0n) is 10.3. The van der Waals surface area contributed by atoms with E-state index in [0.29, 0.717) is 0 Å². The maximum absolute atomic E-state index is 9.16. The Kier molecular flexibility index (Phi) is 5.95. The van der Waals surface area contributed by atoms with Gasteiger partial charge in [0.15, 0.2) is 0 Å². The standard InChI is InChI=1S/C12H18N4S/c1-3-5-16-12(2,10-13)4-8-17-11-9-14-6-7-15-11/h6-7,9,16H,3-5,8H2,1-2H3. The normalized spacial score (nSPS) is 13.9.